The predicted molar refractivity (Wildman–Crippen MR) is 105 cm³/mol. The number of methoxy groups -OCH3 is 1. The number of carbonyl (C=O) groups is 1. The molecule has 0 aliphatic heterocycles. The van der Waals surface area contributed by atoms with Crippen LogP contribution in [0.15, 0.2) is 65.8 Å². The van der Waals surface area contributed by atoms with E-state index in [1.165, 1.54) is 0 Å². The minimum Gasteiger partial charge on any atom is -0.496 e. The number of hydrazone groups is 1. The first-order chi connectivity index (χ1) is 11.7. The van der Waals surface area contributed by atoms with Crippen LogP contribution in [0.2, 0.25) is 0 Å². The van der Waals surface area contributed by atoms with Crippen molar-refractivity contribution in [2.45, 2.75) is 0 Å². The number of fused-ring (bicyclic) bond motifs is 1. The summed E-state index contributed by atoms with van der Waals surface area (Å²) in [5.74, 6) is 0.583. The Morgan fingerprint density at radius 1 is 1.04 bits per heavy atom. The summed E-state index contributed by atoms with van der Waals surface area (Å²) in [5, 5.41) is 6.12. The second-order valence-electron chi connectivity index (χ2n) is 5.08. The quantitative estimate of drug-likeness (QED) is 0.383. The second-order valence-corrected chi connectivity index (χ2v) is 6.24. The first-order valence-electron chi connectivity index (χ1n) is 7.34. The van der Waals surface area contributed by atoms with Gasteiger partial charge in [0.25, 0.3) is 5.91 Å². The van der Waals surface area contributed by atoms with Crippen molar-refractivity contribution >= 4 is 45.5 Å². The third kappa shape index (κ3) is 3.41. The van der Waals surface area contributed by atoms with Gasteiger partial charge in [0.1, 0.15) is 5.75 Å². The molecule has 0 unspecified atom stereocenters. The molecule has 3 rings (SSSR count). The molecule has 0 bridgehead atoms. The Hall–Kier alpha value is -2.41. The third-order valence-corrected chi connectivity index (χ3v) is 4.57. The van der Waals surface area contributed by atoms with Crippen LogP contribution >= 0.6 is 22.6 Å². The van der Waals surface area contributed by atoms with Crippen molar-refractivity contribution in [2.75, 3.05) is 7.11 Å². The summed E-state index contributed by atoms with van der Waals surface area (Å²) in [6.45, 7) is 0. The van der Waals surface area contributed by atoms with E-state index in [2.05, 4.69) is 33.1 Å². The molecule has 3 aromatic carbocycles. The zero-order valence-electron chi connectivity index (χ0n) is 13.0. The van der Waals surface area contributed by atoms with Gasteiger partial charge in [0.15, 0.2) is 0 Å². The molecule has 24 heavy (non-hydrogen) atoms. The van der Waals surface area contributed by atoms with Gasteiger partial charge in [-0.1, -0.05) is 36.4 Å². The summed E-state index contributed by atoms with van der Waals surface area (Å²) in [5.41, 5.74) is 4.09. The Morgan fingerprint density at radius 2 is 1.75 bits per heavy atom. The van der Waals surface area contributed by atoms with Crippen LogP contribution in [0.25, 0.3) is 10.8 Å². The minimum atomic E-state index is -0.228. The molecule has 0 saturated heterocycles. The maximum absolute atomic E-state index is 12.2. The maximum Gasteiger partial charge on any atom is 0.272 e. The molecule has 5 heteroatoms. The van der Waals surface area contributed by atoms with Crippen LogP contribution in [0.5, 0.6) is 5.75 Å². The largest absolute Gasteiger partial charge is 0.496 e. The standard InChI is InChI=1S/C19H15IN2O2/c1-24-18-11-10-13(14-6-2-3-7-15(14)18)12-21-22-19(23)16-8-4-5-9-17(16)20/h2-12H,1H3,(H,22,23)/b21-12-. The fourth-order valence-corrected chi connectivity index (χ4v) is 3.08. The molecule has 4 nitrogen and oxygen atoms in total. The van der Waals surface area contributed by atoms with Crippen molar-refractivity contribution < 1.29 is 9.53 Å². The van der Waals surface area contributed by atoms with E-state index in [-0.39, 0.29) is 5.91 Å². The van der Waals surface area contributed by atoms with Crippen molar-refractivity contribution in [1.29, 1.82) is 0 Å². The number of hydrogen-bond acceptors (Lipinski definition) is 3. The molecule has 0 radical (unpaired) electrons. The fraction of sp³-hybridized carbons (Fsp3) is 0.0526. The van der Waals surface area contributed by atoms with Crippen molar-refractivity contribution in [3.05, 3.63) is 75.4 Å². The van der Waals surface area contributed by atoms with E-state index in [1.807, 2.05) is 54.6 Å². The molecule has 0 atom stereocenters. The Balaban J connectivity index is 1.84. The SMILES string of the molecule is COc1ccc(/C=N\NC(=O)c2ccccc2I)c2ccccc12. The van der Waals surface area contributed by atoms with Gasteiger partial charge >= 0.3 is 0 Å². The number of amides is 1. The van der Waals surface area contributed by atoms with Crippen LogP contribution < -0.4 is 10.2 Å². The number of halogens is 1. The highest BCUT2D eigenvalue weighted by Crippen LogP contribution is 2.27. The lowest BCUT2D eigenvalue weighted by Crippen LogP contribution is -2.18. The number of ether oxygens (including phenoxy) is 1. The van der Waals surface area contributed by atoms with E-state index in [4.69, 9.17) is 4.74 Å². The first-order valence-corrected chi connectivity index (χ1v) is 8.42. The van der Waals surface area contributed by atoms with E-state index in [0.717, 1.165) is 25.7 Å². The van der Waals surface area contributed by atoms with Crippen molar-refractivity contribution in [3.8, 4) is 5.75 Å². The normalized spacial score (nSPS) is 10.9. The smallest absolute Gasteiger partial charge is 0.272 e. The molecule has 1 N–H and O–H groups in total. The van der Waals surface area contributed by atoms with Gasteiger partial charge in [0, 0.05) is 14.5 Å². The number of carbonyl (C=O) groups excluding carboxylic acids is 1. The van der Waals surface area contributed by atoms with Crippen LogP contribution in [0.1, 0.15) is 15.9 Å². The molecule has 0 aromatic heterocycles. The topological polar surface area (TPSA) is 50.7 Å². The van der Waals surface area contributed by atoms with Crippen LogP contribution in [-0.2, 0) is 0 Å². The molecule has 0 fully saturated rings. The highest BCUT2D eigenvalue weighted by atomic mass is 127. The van der Waals surface area contributed by atoms with Gasteiger partial charge < -0.3 is 4.74 Å². The van der Waals surface area contributed by atoms with Gasteiger partial charge in [-0.15, -0.1) is 0 Å². The van der Waals surface area contributed by atoms with Gasteiger partial charge in [-0.25, -0.2) is 5.43 Å². The van der Waals surface area contributed by atoms with Crippen molar-refractivity contribution in [2.24, 2.45) is 5.10 Å². The minimum absolute atomic E-state index is 0.228. The Bertz CT molecular complexity index is 922. The van der Waals surface area contributed by atoms with E-state index < -0.39 is 0 Å². The third-order valence-electron chi connectivity index (χ3n) is 3.63. The lowest BCUT2D eigenvalue weighted by atomic mass is 10.0. The summed E-state index contributed by atoms with van der Waals surface area (Å²) >= 11 is 2.13. The van der Waals surface area contributed by atoms with E-state index in [9.17, 15) is 4.79 Å². The number of nitrogens with one attached hydrogen (secondary N) is 1. The van der Waals surface area contributed by atoms with Crippen LogP contribution in [0.4, 0.5) is 0 Å². The average Bonchev–Trinajstić information content (AvgIpc) is 2.62. The lowest BCUT2D eigenvalue weighted by Gasteiger charge is -2.07. The summed E-state index contributed by atoms with van der Waals surface area (Å²) in [6.07, 6.45) is 1.65. The van der Waals surface area contributed by atoms with Crippen LogP contribution in [0, 0.1) is 3.57 Å². The molecular formula is C19H15IN2O2. The van der Waals surface area contributed by atoms with Gasteiger partial charge in [0.05, 0.1) is 18.9 Å². The molecule has 0 aliphatic carbocycles. The maximum atomic E-state index is 12.2. The number of benzene rings is 3. The van der Waals surface area contributed by atoms with Crippen molar-refractivity contribution in [3.63, 3.8) is 0 Å². The summed E-state index contributed by atoms with van der Waals surface area (Å²) < 4.78 is 6.27. The summed E-state index contributed by atoms with van der Waals surface area (Å²) in [7, 11) is 1.65. The fourth-order valence-electron chi connectivity index (χ4n) is 2.45. The first kappa shape index (κ1) is 16.4. The predicted octanol–water partition coefficient (Wildman–Crippen LogP) is 4.22. The number of hydrogen-bond donors (Lipinski definition) is 1. The number of rotatable bonds is 4. The van der Waals surface area contributed by atoms with Gasteiger partial charge in [-0.3, -0.25) is 4.79 Å². The molecule has 120 valence electrons. The van der Waals surface area contributed by atoms with E-state index >= 15 is 0 Å². The lowest BCUT2D eigenvalue weighted by molar-refractivity contribution is 0.0954. The second kappa shape index (κ2) is 7.44. The Morgan fingerprint density at radius 3 is 2.50 bits per heavy atom. The molecule has 0 heterocycles. The molecule has 1 amide bonds. The monoisotopic (exact) mass is 430 g/mol. The molecule has 3 aromatic rings. The Kier molecular flexibility index (Phi) is 5.10. The van der Waals surface area contributed by atoms with Gasteiger partial charge in [-0.2, -0.15) is 5.10 Å². The van der Waals surface area contributed by atoms with E-state index in [1.54, 1.807) is 19.4 Å². The highest BCUT2D eigenvalue weighted by Gasteiger charge is 2.08. The average molecular weight is 430 g/mol. The van der Waals surface area contributed by atoms with Gasteiger partial charge in [-0.05, 0) is 52.2 Å². The van der Waals surface area contributed by atoms with Gasteiger partial charge in [0.2, 0.25) is 0 Å². The molecule has 0 spiro atoms. The van der Waals surface area contributed by atoms with E-state index in [0.29, 0.717) is 5.56 Å². The summed E-state index contributed by atoms with van der Waals surface area (Å²) in [4.78, 5) is 12.2. The highest BCUT2D eigenvalue weighted by molar-refractivity contribution is 14.1. The number of nitrogens with zero attached hydrogens (tertiary/aromatic N) is 1. The van der Waals surface area contributed by atoms with Crippen molar-refractivity contribution in [1.82, 2.24) is 5.43 Å². The Labute approximate surface area is 153 Å². The van der Waals surface area contributed by atoms with Crippen LogP contribution in [0.3, 0.4) is 0 Å². The molecule has 0 aliphatic rings. The molecular weight excluding hydrogens is 415 g/mol. The summed E-state index contributed by atoms with van der Waals surface area (Å²) in [6, 6.07) is 19.1. The zero-order chi connectivity index (χ0) is 16.9. The molecule has 0 saturated carbocycles. The van der Waals surface area contributed by atoms with Crippen LogP contribution in [-0.4, -0.2) is 19.2 Å². The zero-order valence-corrected chi connectivity index (χ0v) is 15.2.